The van der Waals surface area contributed by atoms with Crippen LogP contribution in [-0.2, 0) is 11.2 Å². The predicted molar refractivity (Wildman–Crippen MR) is 104 cm³/mol. The summed E-state index contributed by atoms with van der Waals surface area (Å²) in [5, 5.41) is 8.21. The van der Waals surface area contributed by atoms with Crippen molar-refractivity contribution in [2.75, 3.05) is 18.2 Å². The lowest BCUT2D eigenvalue weighted by molar-refractivity contribution is -0.117. The lowest BCUT2D eigenvalue weighted by Gasteiger charge is -2.20. The number of rotatable bonds is 4. The molecule has 0 aliphatic carbocycles. The molecule has 0 N–H and O–H groups in total. The van der Waals surface area contributed by atoms with Crippen molar-refractivity contribution in [3.63, 3.8) is 0 Å². The second-order valence-electron chi connectivity index (χ2n) is 6.57. The Bertz CT molecular complexity index is 1050. The van der Waals surface area contributed by atoms with E-state index in [-0.39, 0.29) is 18.0 Å². The molecule has 0 saturated heterocycles. The molecule has 28 heavy (non-hydrogen) atoms. The fourth-order valence-corrected chi connectivity index (χ4v) is 4.14. The van der Waals surface area contributed by atoms with E-state index in [9.17, 15) is 4.79 Å². The van der Waals surface area contributed by atoms with Gasteiger partial charge in [-0.3, -0.25) is 4.79 Å². The number of aromatic nitrogens is 2. The molecular formula is C20H17N3O4S. The number of anilines is 1. The predicted octanol–water partition coefficient (Wildman–Crippen LogP) is 3.54. The van der Waals surface area contributed by atoms with E-state index >= 15 is 0 Å². The van der Waals surface area contributed by atoms with Crippen molar-refractivity contribution >= 4 is 23.4 Å². The van der Waals surface area contributed by atoms with Gasteiger partial charge in [0.1, 0.15) is 0 Å². The summed E-state index contributed by atoms with van der Waals surface area (Å²) in [5.74, 6) is 1.77. The van der Waals surface area contributed by atoms with Crippen molar-refractivity contribution in [3.8, 4) is 23.0 Å². The van der Waals surface area contributed by atoms with Crippen LogP contribution in [0.5, 0.6) is 11.5 Å². The fraction of sp³-hybridized carbons (Fsp3) is 0.250. The Labute approximate surface area is 165 Å². The fourth-order valence-electron chi connectivity index (χ4n) is 3.39. The van der Waals surface area contributed by atoms with Gasteiger partial charge in [-0.05, 0) is 43.2 Å². The first-order valence-corrected chi connectivity index (χ1v) is 9.86. The van der Waals surface area contributed by atoms with Gasteiger partial charge in [-0.2, -0.15) is 0 Å². The molecule has 0 unspecified atom stereocenters. The molecule has 0 saturated carbocycles. The lowest BCUT2D eigenvalue weighted by Crippen LogP contribution is -2.35. The summed E-state index contributed by atoms with van der Waals surface area (Å²) in [6, 6.07) is 13.5. The van der Waals surface area contributed by atoms with E-state index in [4.69, 9.17) is 13.9 Å². The monoisotopic (exact) mass is 395 g/mol. The standard InChI is InChI=1S/C20H17N3O4S/c1-12(19(24)23-9-8-13-4-2-3-5-15(13)23)28-20-22-21-18(27-20)14-6-7-16-17(10-14)26-11-25-16/h2-7,10,12H,8-9,11H2,1H3/t12-/m0/s1. The third-order valence-electron chi connectivity index (χ3n) is 4.80. The van der Waals surface area contributed by atoms with Crippen LogP contribution < -0.4 is 14.4 Å². The van der Waals surface area contributed by atoms with Crippen LogP contribution in [0, 0.1) is 0 Å². The molecule has 7 nitrogen and oxygen atoms in total. The highest BCUT2D eigenvalue weighted by atomic mass is 32.2. The van der Waals surface area contributed by atoms with Gasteiger partial charge >= 0.3 is 0 Å². The zero-order chi connectivity index (χ0) is 19.1. The first-order valence-electron chi connectivity index (χ1n) is 8.98. The number of fused-ring (bicyclic) bond motifs is 2. The van der Waals surface area contributed by atoms with Crippen LogP contribution in [0.4, 0.5) is 5.69 Å². The number of thioether (sulfide) groups is 1. The molecule has 2 aromatic carbocycles. The molecule has 0 bridgehead atoms. The van der Waals surface area contributed by atoms with Crippen LogP contribution in [0.25, 0.3) is 11.5 Å². The maximum atomic E-state index is 12.9. The SMILES string of the molecule is C[C@H](Sc1nnc(-c2ccc3c(c2)OCO3)o1)C(=O)N1CCc2ccccc21. The van der Waals surface area contributed by atoms with Gasteiger partial charge in [0.2, 0.25) is 18.6 Å². The molecule has 2 aliphatic heterocycles. The number of nitrogens with zero attached hydrogens (tertiary/aromatic N) is 3. The number of para-hydroxylation sites is 1. The summed E-state index contributed by atoms with van der Waals surface area (Å²) >= 11 is 1.27. The second kappa shape index (κ2) is 6.87. The average molecular weight is 395 g/mol. The number of carbonyl (C=O) groups excluding carboxylic acids is 1. The maximum Gasteiger partial charge on any atom is 0.277 e. The molecule has 1 amide bonds. The molecule has 142 valence electrons. The summed E-state index contributed by atoms with van der Waals surface area (Å²) in [4.78, 5) is 14.7. The average Bonchev–Trinajstić information content (AvgIpc) is 3.45. The zero-order valence-electron chi connectivity index (χ0n) is 15.1. The topological polar surface area (TPSA) is 77.7 Å². The van der Waals surface area contributed by atoms with Crippen molar-refractivity contribution in [3.05, 3.63) is 48.0 Å². The summed E-state index contributed by atoms with van der Waals surface area (Å²) in [6.07, 6.45) is 0.883. The van der Waals surface area contributed by atoms with E-state index in [0.717, 1.165) is 17.7 Å². The van der Waals surface area contributed by atoms with Crippen LogP contribution in [0.15, 0.2) is 52.1 Å². The van der Waals surface area contributed by atoms with Crippen LogP contribution in [0.2, 0.25) is 0 Å². The minimum absolute atomic E-state index is 0.0396. The maximum absolute atomic E-state index is 12.9. The molecule has 8 heteroatoms. The van der Waals surface area contributed by atoms with Crippen molar-refractivity contribution in [2.45, 2.75) is 23.8 Å². The molecule has 0 fully saturated rings. The van der Waals surface area contributed by atoms with E-state index < -0.39 is 0 Å². The van der Waals surface area contributed by atoms with Crippen LogP contribution in [-0.4, -0.2) is 34.7 Å². The van der Waals surface area contributed by atoms with Crippen LogP contribution >= 0.6 is 11.8 Å². The summed E-state index contributed by atoms with van der Waals surface area (Å²) in [5.41, 5.74) is 2.94. The van der Waals surface area contributed by atoms with Crippen molar-refractivity contribution < 1.29 is 18.7 Å². The highest BCUT2D eigenvalue weighted by Gasteiger charge is 2.29. The van der Waals surface area contributed by atoms with Crippen molar-refractivity contribution in [1.82, 2.24) is 10.2 Å². The minimum atomic E-state index is -0.337. The number of carbonyl (C=O) groups is 1. The Hall–Kier alpha value is -3.00. The second-order valence-corrected chi connectivity index (χ2v) is 7.86. The molecule has 0 spiro atoms. The Morgan fingerprint density at radius 2 is 2.00 bits per heavy atom. The first kappa shape index (κ1) is 17.1. The van der Waals surface area contributed by atoms with E-state index in [2.05, 4.69) is 16.3 Å². The molecular weight excluding hydrogens is 378 g/mol. The highest BCUT2D eigenvalue weighted by Crippen LogP contribution is 2.36. The zero-order valence-corrected chi connectivity index (χ0v) is 15.9. The van der Waals surface area contributed by atoms with Gasteiger partial charge in [0.05, 0.1) is 5.25 Å². The third kappa shape index (κ3) is 2.99. The minimum Gasteiger partial charge on any atom is -0.454 e. The van der Waals surface area contributed by atoms with Gasteiger partial charge in [-0.1, -0.05) is 30.0 Å². The van der Waals surface area contributed by atoms with E-state index in [0.29, 0.717) is 29.2 Å². The van der Waals surface area contributed by atoms with E-state index in [1.165, 1.54) is 17.3 Å². The van der Waals surface area contributed by atoms with Gasteiger partial charge in [-0.15, -0.1) is 10.2 Å². The normalized spacial score (nSPS) is 15.5. The van der Waals surface area contributed by atoms with Crippen molar-refractivity contribution in [2.24, 2.45) is 0 Å². The highest BCUT2D eigenvalue weighted by molar-refractivity contribution is 8.00. The molecule has 1 aromatic heterocycles. The smallest absolute Gasteiger partial charge is 0.277 e. The van der Waals surface area contributed by atoms with E-state index in [1.54, 1.807) is 6.07 Å². The Morgan fingerprint density at radius 3 is 2.93 bits per heavy atom. The Kier molecular flexibility index (Phi) is 4.20. The molecule has 1 atom stereocenters. The number of ether oxygens (including phenoxy) is 2. The molecule has 2 aliphatic rings. The Morgan fingerprint density at radius 1 is 1.14 bits per heavy atom. The number of hydrogen-bond acceptors (Lipinski definition) is 7. The lowest BCUT2D eigenvalue weighted by atomic mass is 10.2. The molecule has 3 heterocycles. The quantitative estimate of drug-likeness (QED) is 0.625. The molecule has 5 rings (SSSR count). The largest absolute Gasteiger partial charge is 0.454 e. The van der Waals surface area contributed by atoms with Crippen LogP contribution in [0.1, 0.15) is 12.5 Å². The number of hydrogen-bond donors (Lipinski definition) is 0. The number of benzene rings is 2. The van der Waals surface area contributed by atoms with Gasteiger partial charge in [-0.25, -0.2) is 0 Å². The van der Waals surface area contributed by atoms with Gasteiger partial charge in [0.15, 0.2) is 11.5 Å². The van der Waals surface area contributed by atoms with Crippen LogP contribution in [0.3, 0.4) is 0 Å². The third-order valence-corrected chi connectivity index (χ3v) is 5.73. The van der Waals surface area contributed by atoms with E-state index in [1.807, 2.05) is 42.2 Å². The Balaban J connectivity index is 1.30. The summed E-state index contributed by atoms with van der Waals surface area (Å²) in [7, 11) is 0. The first-order chi connectivity index (χ1) is 13.7. The summed E-state index contributed by atoms with van der Waals surface area (Å²) < 4.78 is 16.4. The molecule has 3 aromatic rings. The van der Waals surface area contributed by atoms with Gasteiger partial charge < -0.3 is 18.8 Å². The number of amides is 1. The summed E-state index contributed by atoms with van der Waals surface area (Å²) in [6.45, 7) is 2.77. The van der Waals surface area contributed by atoms with Gasteiger partial charge in [0, 0.05) is 17.8 Å². The molecule has 0 radical (unpaired) electrons. The van der Waals surface area contributed by atoms with Crippen molar-refractivity contribution in [1.29, 1.82) is 0 Å². The van der Waals surface area contributed by atoms with Gasteiger partial charge in [0.25, 0.3) is 5.22 Å².